The van der Waals surface area contributed by atoms with Gasteiger partial charge in [0.2, 0.25) is 5.91 Å². The number of hydrogen-bond donors (Lipinski definition) is 2. The van der Waals surface area contributed by atoms with E-state index in [0.717, 1.165) is 36.2 Å². The molecule has 1 aliphatic carbocycles. The number of allylic oxidation sites excluding steroid dienone is 1. The third-order valence-electron chi connectivity index (χ3n) is 5.37. The van der Waals surface area contributed by atoms with Crippen molar-refractivity contribution in [1.29, 1.82) is 0 Å². The van der Waals surface area contributed by atoms with E-state index in [1.54, 1.807) is 6.92 Å². The molecule has 1 fully saturated rings. The van der Waals surface area contributed by atoms with Crippen LogP contribution in [0.15, 0.2) is 35.5 Å². The van der Waals surface area contributed by atoms with Gasteiger partial charge in [-0.3, -0.25) is 4.79 Å². The minimum atomic E-state index is -0.421. The van der Waals surface area contributed by atoms with Gasteiger partial charge >= 0.3 is 5.97 Å². The second-order valence-electron chi connectivity index (χ2n) is 7.09. The molecule has 1 aliphatic heterocycles. The van der Waals surface area contributed by atoms with Gasteiger partial charge in [-0.2, -0.15) is 0 Å². The summed E-state index contributed by atoms with van der Waals surface area (Å²) in [7, 11) is 0. The van der Waals surface area contributed by atoms with Gasteiger partial charge in [-0.25, -0.2) is 4.79 Å². The summed E-state index contributed by atoms with van der Waals surface area (Å²) in [4.78, 5) is 26.9. The number of nitrogens with zero attached hydrogens (tertiary/aromatic N) is 1. The highest BCUT2D eigenvalue weighted by molar-refractivity contribution is 7.80. The van der Waals surface area contributed by atoms with Crippen LogP contribution in [-0.2, 0) is 14.3 Å². The highest BCUT2D eigenvalue weighted by Gasteiger charge is 2.34. The number of rotatable bonds is 6. The average molecular weight is 402 g/mol. The Balaban J connectivity index is 1.92. The van der Waals surface area contributed by atoms with Gasteiger partial charge < -0.3 is 20.3 Å². The van der Waals surface area contributed by atoms with Gasteiger partial charge in [0.15, 0.2) is 5.11 Å². The smallest absolute Gasteiger partial charge is 0.338 e. The molecule has 1 atom stereocenters. The zero-order valence-corrected chi connectivity index (χ0v) is 17.4. The highest BCUT2D eigenvalue weighted by Crippen LogP contribution is 2.33. The Morgan fingerprint density at radius 1 is 1.32 bits per heavy atom. The third-order valence-corrected chi connectivity index (χ3v) is 5.71. The first-order chi connectivity index (χ1) is 13.5. The van der Waals surface area contributed by atoms with E-state index in [-0.39, 0.29) is 17.8 Å². The van der Waals surface area contributed by atoms with E-state index in [2.05, 4.69) is 10.6 Å². The summed E-state index contributed by atoms with van der Waals surface area (Å²) in [6.07, 6.45) is 3.01. The second kappa shape index (κ2) is 8.73. The van der Waals surface area contributed by atoms with E-state index in [4.69, 9.17) is 17.0 Å². The number of thiocarbonyl (C=S) groups is 1. The molecule has 150 valence electrons. The molecular formula is C21H27N3O3S. The Kier molecular flexibility index (Phi) is 6.34. The topological polar surface area (TPSA) is 70.7 Å². The number of nitrogens with one attached hydrogen (secondary N) is 2. The molecule has 28 heavy (non-hydrogen) atoms. The fourth-order valence-electron chi connectivity index (χ4n) is 3.60. The molecule has 1 saturated carbocycles. The molecule has 1 heterocycles. The molecule has 6 nitrogen and oxygen atoms in total. The predicted octanol–water partition coefficient (Wildman–Crippen LogP) is 3.51. The SMILES string of the molecule is CCOC(=O)C1=C(C)N(CC)C(=S)NC1c1cccc(NC(=O)C2CCC2)c1. The van der Waals surface area contributed by atoms with Crippen LogP contribution >= 0.6 is 12.2 Å². The lowest BCUT2D eigenvalue weighted by Crippen LogP contribution is -2.47. The van der Waals surface area contributed by atoms with E-state index in [1.165, 1.54) is 0 Å². The van der Waals surface area contributed by atoms with E-state index < -0.39 is 6.04 Å². The number of amides is 1. The molecule has 2 aliphatic rings. The molecular weight excluding hydrogens is 374 g/mol. The maximum atomic E-state index is 12.7. The van der Waals surface area contributed by atoms with Gasteiger partial charge in [0.05, 0.1) is 18.2 Å². The summed E-state index contributed by atoms with van der Waals surface area (Å²) in [5, 5.41) is 6.83. The largest absolute Gasteiger partial charge is 0.463 e. The van der Waals surface area contributed by atoms with Crippen LogP contribution < -0.4 is 10.6 Å². The van der Waals surface area contributed by atoms with Crippen molar-refractivity contribution in [1.82, 2.24) is 10.2 Å². The van der Waals surface area contributed by atoms with Gasteiger partial charge in [-0.1, -0.05) is 18.6 Å². The Morgan fingerprint density at radius 2 is 2.07 bits per heavy atom. The molecule has 1 aromatic carbocycles. The minimum absolute atomic E-state index is 0.0602. The van der Waals surface area contributed by atoms with Gasteiger partial charge in [-0.05, 0) is 63.5 Å². The van der Waals surface area contributed by atoms with E-state index in [1.807, 2.05) is 43.0 Å². The number of anilines is 1. The van der Waals surface area contributed by atoms with Crippen molar-refractivity contribution in [3.63, 3.8) is 0 Å². The van der Waals surface area contributed by atoms with Crippen molar-refractivity contribution in [2.45, 2.75) is 46.1 Å². The molecule has 1 amide bonds. The van der Waals surface area contributed by atoms with Crippen LogP contribution in [0.5, 0.6) is 0 Å². The van der Waals surface area contributed by atoms with Crippen LogP contribution in [0.2, 0.25) is 0 Å². The lowest BCUT2D eigenvalue weighted by atomic mass is 9.85. The van der Waals surface area contributed by atoms with Gasteiger partial charge in [0.25, 0.3) is 0 Å². The summed E-state index contributed by atoms with van der Waals surface area (Å²) in [5.41, 5.74) is 2.91. The van der Waals surface area contributed by atoms with Gasteiger partial charge in [-0.15, -0.1) is 0 Å². The molecule has 0 aromatic heterocycles. The van der Waals surface area contributed by atoms with Crippen molar-refractivity contribution in [2.24, 2.45) is 5.92 Å². The van der Waals surface area contributed by atoms with Crippen LogP contribution in [0.3, 0.4) is 0 Å². The van der Waals surface area contributed by atoms with Crippen LogP contribution in [0.25, 0.3) is 0 Å². The monoisotopic (exact) mass is 401 g/mol. The number of carbonyl (C=O) groups excluding carboxylic acids is 2. The Labute approximate surface area is 171 Å². The second-order valence-corrected chi connectivity index (χ2v) is 7.48. The highest BCUT2D eigenvalue weighted by atomic mass is 32.1. The van der Waals surface area contributed by atoms with Gasteiger partial charge in [0, 0.05) is 23.8 Å². The van der Waals surface area contributed by atoms with Crippen LogP contribution in [-0.4, -0.2) is 35.0 Å². The molecule has 7 heteroatoms. The molecule has 0 bridgehead atoms. The first-order valence-electron chi connectivity index (χ1n) is 9.83. The minimum Gasteiger partial charge on any atom is -0.463 e. The quantitative estimate of drug-likeness (QED) is 0.561. The average Bonchev–Trinajstić information content (AvgIpc) is 2.60. The maximum Gasteiger partial charge on any atom is 0.338 e. The van der Waals surface area contributed by atoms with Gasteiger partial charge in [0.1, 0.15) is 0 Å². The molecule has 0 radical (unpaired) electrons. The normalized spacial score (nSPS) is 19.8. The van der Waals surface area contributed by atoms with E-state index in [0.29, 0.717) is 23.8 Å². The van der Waals surface area contributed by atoms with Crippen LogP contribution in [0.4, 0.5) is 5.69 Å². The van der Waals surface area contributed by atoms with E-state index in [9.17, 15) is 9.59 Å². The lowest BCUT2D eigenvalue weighted by Gasteiger charge is -2.37. The molecule has 2 N–H and O–H groups in total. The maximum absolute atomic E-state index is 12.7. The number of hydrogen-bond acceptors (Lipinski definition) is 4. The van der Waals surface area contributed by atoms with Crippen molar-refractivity contribution in [2.75, 3.05) is 18.5 Å². The number of esters is 1. The molecule has 3 rings (SSSR count). The predicted molar refractivity (Wildman–Crippen MR) is 113 cm³/mol. The molecule has 1 aromatic rings. The number of benzene rings is 1. The number of carbonyl (C=O) groups is 2. The first kappa shape index (κ1) is 20.3. The van der Waals surface area contributed by atoms with Crippen LogP contribution in [0.1, 0.15) is 51.6 Å². The summed E-state index contributed by atoms with van der Waals surface area (Å²) in [6, 6.07) is 7.13. The summed E-state index contributed by atoms with van der Waals surface area (Å²) >= 11 is 5.50. The zero-order chi connectivity index (χ0) is 20.3. The van der Waals surface area contributed by atoms with Crippen molar-refractivity contribution in [3.8, 4) is 0 Å². The fraction of sp³-hybridized carbons (Fsp3) is 0.476. The summed E-state index contributed by atoms with van der Waals surface area (Å²) < 4.78 is 5.30. The van der Waals surface area contributed by atoms with Crippen molar-refractivity contribution < 1.29 is 14.3 Å². The Morgan fingerprint density at radius 3 is 2.68 bits per heavy atom. The van der Waals surface area contributed by atoms with Crippen LogP contribution in [0, 0.1) is 5.92 Å². The Bertz CT molecular complexity index is 817. The molecule has 1 unspecified atom stereocenters. The summed E-state index contributed by atoms with van der Waals surface area (Å²) in [6.45, 7) is 6.62. The third kappa shape index (κ3) is 4.04. The molecule has 0 saturated heterocycles. The summed E-state index contributed by atoms with van der Waals surface area (Å²) in [5.74, 6) is -0.188. The lowest BCUT2D eigenvalue weighted by molar-refractivity contribution is -0.139. The first-order valence-corrected chi connectivity index (χ1v) is 10.2. The van der Waals surface area contributed by atoms with E-state index >= 15 is 0 Å². The zero-order valence-electron chi connectivity index (χ0n) is 16.6. The number of ether oxygens (including phenoxy) is 1. The standard InChI is InChI=1S/C21H27N3O3S/c1-4-24-13(3)17(20(26)27-5-2)18(23-21(24)28)15-10-7-11-16(12-15)22-19(25)14-8-6-9-14/h7,10-12,14,18H,4-6,8-9H2,1-3H3,(H,22,25)(H,23,28). The van der Waals surface area contributed by atoms with Crippen molar-refractivity contribution >= 4 is 34.9 Å². The molecule has 0 spiro atoms. The fourth-order valence-corrected chi connectivity index (χ4v) is 3.98. The Hall–Kier alpha value is -2.41. The van der Waals surface area contributed by atoms with Crippen molar-refractivity contribution in [3.05, 3.63) is 41.1 Å².